The molecule has 4 amide bonds. The summed E-state index contributed by atoms with van der Waals surface area (Å²) in [4.78, 5) is 44.5. The first kappa shape index (κ1) is 15.4. The zero-order valence-corrected chi connectivity index (χ0v) is 13.5. The fraction of sp³-hybridized carbons (Fsp3) is 0.375. The van der Waals surface area contributed by atoms with Crippen molar-refractivity contribution in [1.82, 2.24) is 20.1 Å². The number of amides is 4. The topological polar surface area (TPSA) is 99.0 Å². The molecule has 0 unspecified atom stereocenters. The van der Waals surface area contributed by atoms with Crippen LogP contribution in [0.3, 0.4) is 0 Å². The highest BCUT2D eigenvalue weighted by Crippen LogP contribution is 2.22. The van der Waals surface area contributed by atoms with E-state index in [1.54, 1.807) is 4.90 Å². The van der Waals surface area contributed by atoms with Gasteiger partial charge in [0.05, 0.1) is 6.54 Å². The first-order valence-electron chi connectivity index (χ1n) is 8.08. The van der Waals surface area contributed by atoms with Crippen LogP contribution in [0, 0.1) is 0 Å². The van der Waals surface area contributed by atoms with Gasteiger partial charge in [0.1, 0.15) is 12.1 Å². The number of nitrogens with zero attached hydrogens (tertiary/aromatic N) is 4. The van der Waals surface area contributed by atoms with Gasteiger partial charge in [0.2, 0.25) is 5.91 Å². The molecule has 3 heterocycles. The van der Waals surface area contributed by atoms with Crippen molar-refractivity contribution < 1.29 is 18.8 Å². The summed E-state index contributed by atoms with van der Waals surface area (Å²) < 4.78 is 5.74. The highest BCUT2D eigenvalue weighted by molar-refractivity contribution is 6.04. The summed E-state index contributed by atoms with van der Waals surface area (Å²) in [5, 5.41) is 2.41. The van der Waals surface area contributed by atoms with Crippen molar-refractivity contribution in [2.24, 2.45) is 0 Å². The molecular weight excluding hydrogens is 326 g/mol. The predicted octanol–water partition coefficient (Wildman–Crippen LogP) is 0.0282. The van der Waals surface area contributed by atoms with Gasteiger partial charge in [-0.15, -0.1) is 0 Å². The first-order valence-corrected chi connectivity index (χ1v) is 8.08. The van der Waals surface area contributed by atoms with Gasteiger partial charge in [0.15, 0.2) is 5.58 Å². The minimum Gasteiger partial charge on any atom is -0.423 e. The molecular formula is C16H17N5O4. The Bertz CT molecular complexity index is 791. The molecule has 130 valence electrons. The van der Waals surface area contributed by atoms with Gasteiger partial charge >= 0.3 is 6.03 Å². The van der Waals surface area contributed by atoms with Crippen LogP contribution in [0.25, 0.3) is 11.1 Å². The number of piperazine rings is 1. The first-order chi connectivity index (χ1) is 12.1. The third kappa shape index (κ3) is 2.88. The fourth-order valence-corrected chi connectivity index (χ4v) is 2.99. The van der Waals surface area contributed by atoms with Gasteiger partial charge < -0.3 is 19.5 Å². The van der Waals surface area contributed by atoms with E-state index in [0.29, 0.717) is 32.2 Å². The van der Waals surface area contributed by atoms with E-state index in [0.717, 1.165) is 16.0 Å². The van der Waals surface area contributed by atoms with Crippen LogP contribution in [-0.2, 0) is 9.59 Å². The van der Waals surface area contributed by atoms with E-state index >= 15 is 0 Å². The third-order valence-electron chi connectivity index (χ3n) is 4.42. The molecule has 0 atom stereocenters. The maximum atomic E-state index is 12.3. The standard InChI is InChI=1S/C16H17N5O4/c22-13-9-17-15(24)21(13)10-14(23)19-5-7-20(8-6-19)16-18-11-3-1-2-4-12(11)25-16/h1-4H,5-10H2,(H,17,24). The van der Waals surface area contributed by atoms with Crippen LogP contribution in [0.1, 0.15) is 0 Å². The van der Waals surface area contributed by atoms with Crippen molar-refractivity contribution >= 4 is 35.0 Å². The largest absolute Gasteiger partial charge is 0.423 e. The van der Waals surface area contributed by atoms with E-state index < -0.39 is 6.03 Å². The van der Waals surface area contributed by atoms with Crippen molar-refractivity contribution in [3.63, 3.8) is 0 Å². The number of nitrogens with one attached hydrogen (secondary N) is 1. The summed E-state index contributed by atoms with van der Waals surface area (Å²) in [6, 6.07) is 7.58. The summed E-state index contributed by atoms with van der Waals surface area (Å²) >= 11 is 0. The third-order valence-corrected chi connectivity index (χ3v) is 4.42. The number of carbonyl (C=O) groups is 3. The molecule has 2 saturated heterocycles. The number of rotatable bonds is 3. The Morgan fingerprint density at radius 3 is 2.60 bits per heavy atom. The van der Waals surface area contributed by atoms with Crippen LogP contribution in [0.4, 0.5) is 10.8 Å². The maximum absolute atomic E-state index is 12.3. The molecule has 0 spiro atoms. The van der Waals surface area contributed by atoms with Gasteiger partial charge in [-0.3, -0.25) is 14.5 Å². The Morgan fingerprint density at radius 1 is 1.16 bits per heavy atom. The van der Waals surface area contributed by atoms with Gasteiger partial charge in [-0.25, -0.2) is 4.79 Å². The molecule has 2 aromatic rings. The Hall–Kier alpha value is -3.10. The van der Waals surface area contributed by atoms with Crippen molar-refractivity contribution in [1.29, 1.82) is 0 Å². The molecule has 0 aliphatic carbocycles. The molecule has 0 radical (unpaired) electrons. The number of anilines is 1. The molecule has 9 heteroatoms. The van der Waals surface area contributed by atoms with E-state index in [4.69, 9.17) is 4.42 Å². The zero-order chi connectivity index (χ0) is 17.4. The summed E-state index contributed by atoms with van der Waals surface area (Å²) in [6.07, 6.45) is 0. The molecule has 1 aromatic heterocycles. The monoisotopic (exact) mass is 343 g/mol. The number of hydrogen-bond donors (Lipinski definition) is 1. The Morgan fingerprint density at radius 2 is 1.92 bits per heavy atom. The lowest BCUT2D eigenvalue weighted by molar-refractivity contribution is -0.136. The quantitative estimate of drug-likeness (QED) is 0.790. The Kier molecular flexibility index (Phi) is 3.75. The van der Waals surface area contributed by atoms with Crippen molar-refractivity contribution in [2.45, 2.75) is 0 Å². The second-order valence-corrected chi connectivity index (χ2v) is 5.97. The summed E-state index contributed by atoms with van der Waals surface area (Å²) in [7, 11) is 0. The zero-order valence-electron chi connectivity index (χ0n) is 13.5. The minimum atomic E-state index is -0.511. The molecule has 1 aromatic carbocycles. The SMILES string of the molecule is O=C(CN1C(=O)CNC1=O)N1CCN(c2nc3ccccc3o2)CC1. The van der Waals surface area contributed by atoms with E-state index in [9.17, 15) is 14.4 Å². The number of imide groups is 1. The van der Waals surface area contributed by atoms with E-state index in [1.807, 2.05) is 29.2 Å². The Balaban J connectivity index is 1.37. The molecule has 1 N–H and O–H groups in total. The van der Waals surface area contributed by atoms with Crippen LogP contribution >= 0.6 is 0 Å². The van der Waals surface area contributed by atoms with Gasteiger partial charge in [-0.05, 0) is 12.1 Å². The Labute approximate surface area is 143 Å². The highest BCUT2D eigenvalue weighted by Gasteiger charge is 2.32. The van der Waals surface area contributed by atoms with Gasteiger partial charge in [0, 0.05) is 26.2 Å². The average Bonchev–Trinajstić information content (AvgIpc) is 3.20. The van der Waals surface area contributed by atoms with E-state index in [2.05, 4.69) is 10.3 Å². The lowest BCUT2D eigenvalue weighted by Crippen LogP contribution is -2.52. The summed E-state index contributed by atoms with van der Waals surface area (Å²) in [5.41, 5.74) is 1.53. The number of carbonyl (C=O) groups excluding carboxylic acids is 3. The van der Waals surface area contributed by atoms with Crippen LogP contribution in [0.15, 0.2) is 28.7 Å². The molecule has 2 aliphatic heterocycles. The number of hydrogen-bond acceptors (Lipinski definition) is 6. The van der Waals surface area contributed by atoms with Crippen LogP contribution in [-0.4, -0.2) is 71.9 Å². The van der Waals surface area contributed by atoms with Gasteiger partial charge in [0.25, 0.3) is 11.9 Å². The predicted molar refractivity (Wildman–Crippen MR) is 87.9 cm³/mol. The minimum absolute atomic E-state index is 0.0440. The number of fused-ring (bicyclic) bond motifs is 1. The lowest BCUT2D eigenvalue weighted by atomic mass is 10.3. The fourth-order valence-electron chi connectivity index (χ4n) is 2.99. The molecule has 2 fully saturated rings. The van der Waals surface area contributed by atoms with Crippen LogP contribution in [0.2, 0.25) is 0 Å². The number of para-hydroxylation sites is 2. The molecule has 2 aliphatic rings. The van der Waals surface area contributed by atoms with Crippen molar-refractivity contribution in [3.8, 4) is 0 Å². The van der Waals surface area contributed by atoms with Gasteiger partial charge in [-0.1, -0.05) is 12.1 Å². The van der Waals surface area contributed by atoms with Crippen LogP contribution in [0.5, 0.6) is 0 Å². The van der Waals surface area contributed by atoms with Gasteiger partial charge in [-0.2, -0.15) is 4.98 Å². The van der Waals surface area contributed by atoms with E-state index in [-0.39, 0.29) is 24.9 Å². The maximum Gasteiger partial charge on any atom is 0.325 e. The van der Waals surface area contributed by atoms with E-state index in [1.165, 1.54) is 0 Å². The smallest absolute Gasteiger partial charge is 0.325 e. The second kappa shape index (κ2) is 6.08. The molecule has 0 saturated carbocycles. The summed E-state index contributed by atoms with van der Waals surface area (Å²) in [6.45, 7) is 1.88. The number of oxazole rings is 1. The normalized spacial score (nSPS) is 18.2. The van der Waals surface area contributed by atoms with Crippen LogP contribution < -0.4 is 10.2 Å². The van der Waals surface area contributed by atoms with Crippen molar-refractivity contribution in [3.05, 3.63) is 24.3 Å². The summed E-state index contributed by atoms with van der Waals surface area (Å²) in [5.74, 6) is -0.605. The molecule has 9 nitrogen and oxygen atoms in total. The van der Waals surface area contributed by atoms with Crippen molar-refractivity contribution in [2.75, 3.05) is 44.2 Å². The molecule has 4 rings (SSSR count). The average molecular weight is 343 g/mol. The highest BCUT2D eigenvalue weighted by atomic mass is 16.4. The number of benzene rings is 1. The number of urea groups is 1. The lowest BCUT2D eigenvalue weighted by Gasteiger charge is -2.34. The number of aromatic nitrogens is 1. The second-order valence-electron chi connectivity index (χ2n) is 5.97. The molecule has 0 bridgehead atoms. The molecule has 25 heavy (non-hydrogen) atoms.